The summed E-state index contributed by atoms with van der Waals surface area (Å²) in [6.07, 6.45) is 16.1. The Labute approximate surface area is 286 Å². The summed E-state index contributed by atoms with van der Waals surface area (Å²) >= 11 is 0. The minimum Gasteiger partial charge on any atom is -0.398 e. The van der Waals surface area contributed by atoms with Gasteiger partial charge < -0.3 is 15.7 Å². The van der Waals surface area contributed by atoms with Crippen LogP contribution >= 0.6 is 0 Å². The molecule has 0 aliphatic rings. The van der Waals surface area contributed by atoms with Crippen LogP contribution in [-0.4, -0.2) is 10.8 Å². The van der Waals surface area contributed by atoms with Crippen molar-refractivity contribution in [3.63, 3.8) is 0 Å². The Morgan fingerprint density at radius 2 is 1.31 bits per heavy atom. The smallest absolute Gasteiger partial charge is 0.0541 e. The first-order valence-corrected chi connectivity index (χ1v) is 16.9. The highest BCUT2D eigenvalue weighted by atomic mass is 15.0. The summed E-state index contributed by atoms with van der Waals surface area (Å²) in [7, 11) is 0. The van der Waals surface area contributed by atoms with E-state index in [1.165, 1.54) is 40.1 Å². The van der Waals surface area contributed by atoms with Crippen molar-refractivity contribution in [1.82, 2.24) is 4.57 Å². The predicted octanol–water partition coefficient (Wildman–Crippen LogP) is 12.9. The Morgan fingerprint density at radius 1 is 0.667 bits per heavy atom. The van der Waals surface area contributed by atoms with Crippen LogP contribution in [0.4, 0.5) is 5.69 Å². The number of nitrogen functional groups attached to an aromatic ring is 1. The highest BCUT2D eigenvalue weighted by molar-refractivity contribution is 6.11. The SMILES string of the molecule is CC.CCC.C\C=C/C=C\C=C(\C=C/C=N)c1cccc(-c2ccc3c(c2)c2ccccc2n3-c2ccc(-c3ccccc3)cc2)c1N. The molecule has 0 radical (unpaired) electrons. The zero-order valence-electron chi connectivity index (χ0n) is 28.8. The Morgan fingerprint density at radius 3 is 2.02 bits per heavy atom. The van der Waals surface area contributed by atoms with Gasteiger partial charge in [-0.2, -0.15) is 0 Å². The zero-order valence-corrected chi connectivity index (χ0v) is 28.8. The minimum absolute atomic E-state index is 0.711. The van der Waals surface area contributed by atoms with Gasteiger partial charge in [-0.15, -0.1) is 0 Å². The molecule has 0 atom stereocenters. The first-order chi connectivity index (χ1) is 23.6. The lowest BCUT2D eigenvalue weighted by atomic mass is 9.94. The average molecular weight is 630 g/mol. The Bertz CT molecular complexity index is 2050. The summed E-state index contributed by atoms with van der Waals surface area (Å²) in [5, 5.41) is 9.87. The Balaban J connectivity index is 0.000000986. The molecule has 3 heteroatoms. The van der Waals surface area contributed by atoms with Crippen molar-refractivity contribution in [2.24, 2.45) is 0 Å². The first kappa shape index (κ1) is 35.2. The van der Waals surface area contributed by atoms with E-state index >= 15 is 0 Å². The number of anilines is 1. The first-order valence-electron chi connectivity index (χ1n) is 16.9. The fraction of sp³-hybridized carbons (Fsp3) is 0.133. The molecule has 48 heavy (non-hydrogen) atoms. The normalized spacial score (nSPS) is 11.6. The number of hydrogen-bond donors (Lipinski definition) is 2. The number of benzene rings is 5. The van der Waals surface area contributed by atoms with Gasteiger partial charge in [0, 0.05) is 39.5 Å². The molecule has 6 aromatic rings. The van der Waals surface area contributed by atoms with E-state index in [1.807, 2.05) is 75.4 Å². The molecular formula is C45H47N3. The van der Waals surface area contributed by atoms with Gasteiger partial charge in [-0.3, -0.25) is 0 Å². The summed E-state index contributed by atoms with van der Waals surface area (Å²) in [6.45, 7) is 10.2. The molecule has 0 aliphatic carbocycles. The monoisotopic (exact) mass is 629 g/mol. The van der Waals surface area contributed by atoms with Crippen molar-refractivity contribution in [3.8, 4) is 27.9 Å². The maximum atomic E-state index is 7.49. The van der Waals surface area contributed by atoms with Crippen molar-refractivity contribution < 1.29 is 0 Å². The van der Waals surface area contributed by atoms with Crippen molar-refractivity contribution in [2.45, 2.75) is 41.0 Å². The lowest BCUT2D eigenvalue weighted by Crippen LogP contribution is -1.97. The van der Waals surface area contributed by atoms with Crippen LogP contribution in [0.1, 0.15) is 46.6 Å². The van der Waals surface area contributed by atoms with Gasteiger partial charge in [-0.05, 0) is 65.6 Å². The van der Waals surface area contributed by atoms with Crippen LogP contribution < -0.4 is 5.73 Å². The Kier molecular flexibility index (Phi) is 13.1. The number of hydrogen-bond acceptors (Lipinski definition) is 2. The average Bonchev–Trinajstić information content (AvgIpc) is 3.47. The number of para-hydroxylation sites is 2. The van der Waals surface area contributed by atoms with E-state index in [-0.39, 0.29) is 0 Å². The van der Waals surface area contributed by atoms with Gasteiger partial charge in [-0.25, -0.2) is 0 Å². The molecule has 0 spiro atoms. The molecule has 0 fully saturated rings. The van der Waals surface area contributed by atoms with Gasteiger partial charge in [0.05, 0.1) is 11.0 Å². The van der Waals surface area contributed by atoms with Gasteiger partial charge in [-0.1, -0.05) is 156 Å². The molecule has 6 rings (SSSR count). The van der Waals surface area contributed by atoms with Crippen molar-refractivity contribution >= 4 is 39.3 Å². The number of nitrogens with one attached hydrogen (secondary N) is 1. The second kappa shape index (κ2) is 17.9. The summed E-state index contributed by atoms with van der Waals surface area (Å²) in [6, 6.07) is 40.6. The second-order valence-corrected chi connectivity index (χ2v) is 11.0. The fourth-order valence-electron chi connectivity index (χ4n) is 5.64. The van der Waals surface area contributed by atoms with Gasteiger partial charge in [0.15, 0.2) is 0 Å². The zero-order chi connectivity index (χ0) is 34.3. The molecule has 5 aromatic carbocycles. The third-order valence-corrected chi connectivity index (χ3v) is 7.70. The van der Waals surface area contributed by atoms with E-state index in [0.29, 0.717) is 5.69 Å². The number of fused-ring (bicyclic) bond motifs is 3. The Hall–Kier alpha value is -5.67. The lowest BCUT2D eigenvalue weighted by molar-refractivity contribution is 1.09. The third kappa shape index (κ3) is 8.00. The summed E-state index contributed by atoms with van der Waals surface area (Å²) < 4.78 is 2.34. The summed E-state index contributed by atoms with van der Waals surface area (Å²) in [5.74, 6) is 0. The van der Waals surface area contributed by atoms with E-state index < -0.39 is 0 Å². The molecule has 0 aliphatic heterocycles. The predicted molar refractivity (Wildman–Crippen MR) is 213 cm³/mol. The van der Waals surface area contributed by atoms with Crippen LogP contribution in [-0.2, 0) is 0 Å². The van der Waals surface area contributed by atoms with Crippen molar-refractivity contribution in [1.29, 1.82) is 5.41 Å². The van der Waals surface area contributed by atoms with E-state index in [0.717, 1.165) is 33.5 Å². The van der Waals surface area contributed by atoms with Gasteiger partial charge >= 0.3 is 0 Å². The second-order valence-electron chi connectivity index (χ2n) is 11.0. The van der Waals surface area contributed by atoms with Crippen LogP contribution in [0.5, 0.6) is 0 Å². The van der Waals surface area contributed by atoms with E-state index in [1.54, 1.807) is 6.08 Å². The molecule has 0 amide bonds. The number of nitrogens with zero attached hydrogens (tertiary/aromatic N) is 1. The van der Waals surface area contributed by atoms with Crippen LogP contribution in [0.25, 0.3) is 55.3 Å². The fourth-order valence-corrected chi connectivity index (χ4v) is 5.64. The van der Waals surface area contributed by atoms with Gasteiger partial charge in [0.25, 0.3) is 0 Å². The lowest BCUT2D eigenvalue weighted by Gasteiger charge is -2.13. The third-order valence-electron chi connectivity index (χ3n) is 7.70. The number of nitrogens with two attached hydrogens (primary N) is 1. The largest absolute Gasteiger partial charge is 0.398 e. The molecule has 1 heterocycles. The summed E-state index contributed by atoms with van der Waals surface area (Å²) in [4.78, 5) is 0. The molecule has 1 aromatic heterocycles. The van der Waals surface area contributed by atoms with Crippen molar-refractivity contribution in [2.75, 3.05) is 5.73 Å². The highest BCUT2D eigenvalue weighted by Crippen LogP contribution is 2.38. The van der Waals surface area contributed by atoms with E-state index in [2.05, 4.69) is 115 Å². The maximum absolute atomic E-state index is 7.49. The van der Waals surface area contributed by atoms with E-state index in [4.69, 9.17) is 11.1 Å². The van der Waals surface area contributed by atoms with Crippen LogP contribution in [0.15, 0.2) is 158 Å². The topological polar surface area (TPSA) is 54.8 Å². The number of allylic oxidation sites excluding steroid dienone is 8. The standard InChI is InChI=1S/C40H33N3.C3H8.C2H6/c1-2-3-4-6-15-31(16-12-27-41)34-18-11-19-35(40(34)42)32-23-26-39-37(28-32)36-17-9-10-20-38(36)43(39)33-24-21-30(22-25-33)29-13-7-5-8-14-29;1-3-2;1-2/h2-28,41H,42H2,1H3;3H2,1-2H3;1-2H3/b3-2-,6-4-,16-12-,31-15-,41-27?;;. The van der Waals surface area contributed by atoms with Gasteiger partial charge in [0.1, 0.15) is 0 Å². The van der Waals surface area contributed by atoms with Crippen LogP contribution in [0.3, 0.4) is 0 Å². The van der Waals surface area contributed by atoms with E-state index in [9.17, 15) is 0 Å². The van der Waals surface area contributed by atoms with Crippen LogP contribution in [0.2, 0.25) is 0 Å². The molecular weight excluding hydrogens is 583 g/mol. The highest BCUT2D eigenvalue weighted by Gasteiger charge is 2.15. The molecule has 0 bridgehead atoms. The van der Waals surface area contributed by atoms with Gasteiger partial charge in [0.2, 0.25) is 0 Å². The molecule has 0 unspecified atom stereocenters. The molecule has 0 saturated carbocycles. The quantitative estimate of drug-likeness (QED) is 0.0982. The number of aromatic nitrogens is 1. The summed E-state index contributed by atoms with van der Waals surface area (Å²) in [5.41, 5.74) is 17.3. The molecule has 3 N–H and O–H groups in total. The maximum Gasteiger partial charge on any atom is 0.0541 e. The molecule has 3 nitrogen and oxygen atoms in total. The minimum atomic E-state index is 0.711. The van der Waals surface area contributed by atoms with Crippen LogP contribution in [0, 0.1) is 5.41 Å². The van der Waals surface area contributed by atoms with Crippen molar-refractivity contribution in [3.05, 3.63) is 163 Å². The molecule has 0 saturated heterocycles. The number of rotatable bonds is 8. The molecule has 242 valence electrons.